The van der Waals surface area contributed by atoms with Crippen molar-refractivity contribution in [2.24, 2.45) is 0 Å². The Balaban J connectivity index is 0.912. The van der Waals surface area contributed by atoms with Crippen molar-refractivity contribution in [2.75, 3.05) is 14.7 Å². The summed E-state index contributed by atoms with van der Waals surface area (Å²) in [4.78, 5) is 7.88. The maximum Gasteiger partial charge on any atom is 0.252 e. The van der Waals surface area contributed by atoms with Crippen LogP contribution in [0, 0.1) is 0 Å². The second-order valence-corrected chi connectivity index (χ2v) is 29.4. The lowest BCUT2D eigenvalue weighted by atomic mass is 9.33. The van der Waals surface area contributed by atoms with E-state index in [9.17, 15) is 0 Å². The molecule has 0 N–H and O–H groups in total. The molecule has 1 aromatic heterocycles. The van der Waals surface area contributed by atoms with Gasteiger partial charge >= 0.3 is 0 Å². The van der Waals surface area contributed by atoms with Gasteiger partial charge in [0.05, 0.1) is 28.1 Å². The van der Waals surface area contributed by atoms with Gasteiger partial charge in [0.15, 0.2) is 0 Å². The fourth-order valence-electron chi connectivity index (χ4n) is 18.4. The summed E-state index contributed by atoms with van der Waals surface area (Å²) in [5.41, 5.74) is 32.4. The topological polar surface area (TPSA) is 14.7 Å². The Labute approximate surface area is 645 Å². The van der Waals surface area contributed by atoms with Crippen LogP contribution >= 0.6 is 0 Å². The van der Waals surface area contributed by atoms with E-state index in [1.807, 2.05) is 0 Å². The molecule has 20 aromatic rings. The largest absolute Gasteiger partial charge is 0.310 e. The Bertz CT molecular complexity index is 6720. The number of benzene rings is 19. The van der Waals surface area contributed by atoms with Crippen LogP contribution in [-0.4, -0.2) is 11.3 Å². The molecule has 0 bridgehead atoms. The van der Waals surface area contributed by atoms with Crippen molar-refractivity contribution in [3.05, 3.63) is 419 Å². The Kier molecular flexibility index (Phi) is 15.0. The summed E-state index contributed by atoms with van der Waals surface area (Å²) < 4.78 is 2.50. The third kappa shape index (κ3) is 10.5. The molecule has 5 heteroatoms. The fourth-order valence-corrected chi connectivity index (χ4v) is 18.4. The number of hydrogen-bond acceptors (Lipinski definition) is 3. The Hall–Kier alpha value is -14.5. The van der Waals surface area contributed by atoms with E-state index in [1.54, 1.807) is 0 Å². The van der Waals surface area contributed by atoms with Crippen molar-refractivity contribution in [3.8, 4) is 83.6 Å². The number of nitrogens with zero attached hydrogens (tertiary/aromatic N) is 4. The van der Waals surface area contributed by atoms with Crippen molar-refractivity contribution in [1.29, 1.82) is 0 Å². The van der Waals surface area contributed by atoms with Gasteiger partial charge in [-0.25, -0.2) is 0 Å². The first kappa shape index (κ1) is 63.7. The molecule has 0 saturated carbocycles. The zero-order valence-electron chi connectivity index (χ0n) is 60.7. The lowest BCUT2D eigenvalue weighted by Gasteiger charge is -2.46. The average molecular weight is 1410 g/mol. The van der Waals surface area contributed by atoms with Gasteiger partial charge in [0.1, 0.15) is 0 Å². The minimum Gasteiger partial charge on any atom is -0.310 e. The minimum atomic E-state index is -0.328. The van der Waals surface area contributed by atoms with Gasteiger partial charge in [-0.15, -0.1) is 0 Å². The zero-order chi connectivity index (χ0) is 73.0. The van der Waals surface area contributed by atoms with Crippen LogP contribution in [0.4, 0.5) is 51.2 Å². The van der Waals surface area contributed by atoms with E-state index in [2.05, 4.69) is 438 Å². The van der Waals surface area contributed by atoms with Crippen LogP contribution in [0.5, 0.6) is 0 Å². The Morgan fingerprint density at radius 3 is 1.10 bits per heavy atom. The molecule has 2 aliphatic rings. The van der Waals surface area contributed by atoms with Gasteiger partial charge < -0.3 is 19.3 Å². The van der Waals surface area contributed by atoms with Crippen LogP contribution < -0.4 is 31.1 Å². The van der Waals surface area contributed by atoms with E-state index in [4.69, 9.17) is 0 Å². The van der Waals surface area contributed by atoms with E-state index in [0.717, 1.165) is 140 Å². The summed E-state index contributed by atoms with van der Waals surface area (Å²) in [5.74, 6) is 0. The van der Waals surface area contributed by atoms with Crippen molar-refractivity contribution >= 4 is 128 Å². The summed E-state index contributed by atoms with van der Waals surface area (Å²) in [6, 6.07) is 157. The average Bonchev–Trinajstić information content (AvgIpc) is 0.925. The molecule has 0 spiro atoms. The van der Waals surface area contributed by atoms with E-state index in [0.29, 0.717) is 0 Å². The number of rotatable bonds is 13. The second-order valence-electron chi connectivity index (χ2n) is 29.4. The highest BCUT2D eigenvalue weighted by molar-refractivity contribution is 7.00. The number of aromatic nitrogens is 1. The summed E-state index contributed by atoms with van der Waals surface area (Å²) >= 11 is 0. The first-order valence-corrected chi connectivity index (χ1v) is 38.4. The fraction of sp³-hybridized carbons (Fsp3) is 0. The third-order valence-corrected chi connectivity index (χ3v) is 23.3. The first-order valence-electron chi connectivity index (χ1n) is 38.4. The van der Waals surface area contributed by atoms with Gasteiger partial charge in [-0.05, 0) is 171 Å². The van der Waals surface area contributed by atoms with E-state index in [1.165, 1.54) is 65.0 Å². The zero-order valence-corrected chi connectivity index (χ0v) is 60.7. The van der Waals surface area contributed by atoms with Crippen molar-refractivity contribution in [2.45, 2.75) is 0 Å². The van der Waals surface area contributed by atoms with Gasteiger partial charge in [-0.1, -0.05) is 352 Å². The number of hydrogen-bond donors (Lipinski definition) is 0. The van der Waals surface area contributed by atoms with Crippen LogP contribution in [0.3, 0.4) is 0 Å². The monoisotopic (exact) mass is 1410 g/mol. The van der Waals surface area contributed by atoms with Crippen molar-refractivity contribution < 1.29 is 0 Å². The normalized spacial score (nSPS) is 12.3. The van der Waals surface area contributed by atoms with Crippen LogP contribution in [0.1, 0.15) is 0 Å². The van der Waals surface area contributed by atoms with E-state index < -0.39 is 0 Å². The molecular formula is C106H69BN4. The molecule has 0 saturated heterocycles. The van der Waals surface area contributed by atoms with Crippen molar-refractivity contribution in [1.82, 2.24) is 4.57 Å². The predicted octanol–water partition coefficient (Wildman–Crippen LogP) is 26.9. The molecule has 22 rings (SSSR count). The molecular weight excluding hydrogens is 1340 g/mol. The van der Waals surface area contributed by atoms with Gasteiger partial charge in [0.25, 0.3) is 6.71 Å². The summed E-state index contributed by atoms with van der Waals surface area (Å²) in [5, 5.41) is 9.99. The molecule has 0 fully saturated rings. The molecule has 4 nitrogen and oxygen atoms in total. The standard InChI is InChI=1S/C106H69BN4/c1-7-26-70(27-8-1)72-50-57-82(58-51-72)108(83-59-52-73(53-60-83)71-28-9-2-10-29-71)85-68-100-104-101(69-85)111(106-89(76-34-15-5-16-35-76)44-25-45-90(106)77-36-17-6-18-37-77)99-67-84(109-96-46-21-19-40-91(96)92-41-20-22-47-97(92)109)61-64-94(99)107(104)95-66-81(86-62-54-80-49-48-78-38-23-39-79-55-63-93(86)103(80)102(78)79)56-65-98(95)110(100)105-87(74-30-11-3-12-31-74)42-24-43-88(105)75-32-13-4-14-33-75/h1-69H. The quantitative estimate of drug-likeness (QED) is 0.0845. The number of fused-ring (bicyclic) bond motifs is 7. The lowest BCUT2D eigenvalue weighted by Crippen LogP contribution is -2.61. The van der Waals surface area contributed by atoms with Crippen LogP contribution in [0.2, 0.25) is 0 Å². The van der Waals surface area contributed by atoms with Gasteiger partial charge in [0.2, 0.25) is 0 Å². The van der Waals surface area contributed by atoms with E-state index >= 15 is 0 Å². The summed E-state index contributed by atoms with van der Waals surface area (Å²) in [7, 11) is 0. The van der Waals surface area contributed by atoms with Crippen LogP contribution in [0.15, 0.2) is 419 Å². The molecule has 111 heavy (non-hydrogen) atoms. The molecule has 516 valence electrons. The van der Waals surface area contributed by atoms with Crippen molar-refractivity contribution in [3.63, 3.8) is 0 Å². The van der Waals surface area contributed by atoms with Crippen LogP contribution in [0.25, 0.3) is 138 Å². The molecule has 2 aliphatic heterocycles. The molecule has 0 radical (unpaired) electrons. The Morgan fingerprint density at radius 2 is 0.613 bits per heavy atom. The minimum absolute atomic E-state index is 0.328. The predicted molar refractivity (Wildman–Crippen MR) is 471 cm³/mol. The molecule has 0 unspecified atom stereocenters. The van der Waals surface area contributed by atoms with Gasteiger partial charge in [-0.2, -0.15) is 0 Å². The third-order valence-electron chi connectivity index (χ3n) is 23.3. The summed E-state index contributed by atoms with van der Waals surface area (Å²) in [6.07, 6.45) is 0. The highest BCUT2D eigenvalue weighted by Crippen LogP contribution is 2.56. The highest BCUT2D eigenvalue weighted by Gasteiger charge is 2.46. The SMILES string of the molecule is c1ccc(-c2ccc(N(c3ccc(-c4ccccc4)cc3)c3cc4c5c(c3)N(c3c(-c6ccccc6)cccc3-c3ccccc3)c3cc(-n6c7ccccc7c7ccccc76)ccc3B5c3cc(-c5ccc6ccc7cccc8ccc5c6c78)ccc3N4c3c(-c4ccccc4)cccc3-c3ccccc3)cc2)cc1. The maximum absolute atomic E-state index is 2.69. The van der Waals surface area contributed by atoms with Crippen LogP contribution in [-0.2, 0) is 0 Å². The lowest BCUT2D eigenvalue weighted by molar-refractivity contribution is 1.17. The molecule has 0 atom stereocenters. The molecule has 19 aromatic carbocycles. The number of para-hydroxylation sites is 4. The molecule has 0 amide bonds. The summed E-state index contributed by atoms with van der Waals surface area (Å²) in [6.45, 7) is -0.328. The first-order chi connectivity index (χ1) is 55.1. The maximum atomic E-state index is 2.69. The van der Waals surface area contributed by atoms with Gasteiger partial charge in [-0.3, -0.25) is 0 Å². The van der Waals surface area contributed by atoms with E-state index in [-0.39, 0.29) is 6.71 Å². The molecule has 3 heterocycles. The van der Waals surface area contributed by atoms with Gasteiger partial charge in [0, 0.05) is 72.8 Å². The Morgan fingerprint density at radius 1 is 0.216 bits per heavy atom. The smallest absolute Gasteiger partial charge is 0.252 e. The highest BCUT2D eigenvalue weighted by atomic mass is 15.2. The number of anilines is 9. The molecule has 0 aliphatic carbocycles. The second kappa shape index (κ2) is 26.2.